The van der Waals surface area contributed by atoms with E-state index >= 15 is 0 Å². The zero-order chi connectivity index (χ0) is 15.3. The number of hydrogen-bond donors (Lipinski definition) is 1. The van der Waals surface area contributed by atoms with E-state index in [1.54, 1.807) is 24.3 Å². The summed E-state index contributed by atoms with van der Waals surface area (Å²) in [6.45, 7) is -0.641. The molecular formula is C16H15BrFNO2. The summed E-state index contributed by atoms with van der Waals surface area (Å²) in [5, 5.41) is 0. The third-order valence-electron chi connectivity index (χ3n) is 3.27. The lowest BCUT2D eigenvalue weighted by Gasteiger charge is -2.33. The van der Waals surface area contributed by atoms with Crippen molar-refractivity contribution in [3.8, 4) is 0 Å². The maximum absolute atomic E-state index is 13.1. The summed E-state index contributed by atoms with van der Waals surface area (Å²) in [5.74, 6) is 0. The van der Waals surface area contributed by atoms with Crippen molar-refractivity contribution in [3.63, 3.8) is 0 Å². The number of benzene rings is 2. The molecule has 0 aromatic heterocycles. The van der Waals surface area contributed by atoms with Crippen molar-refractivity contribution < 1.29 is 13.9 Å². The summed E-state index contributed by atoms with van der Waals surface area (Å²) in [6.07, 6.45) is -0.933. The molecule has 0 heterocycles. The molecule has 2 N–H and O–H groups in total. The Morgan fingerprint density at radius 3 is 2.19 bits per heavy atom. The van der Waals surface area contributed by atoms with Gasteiger partial charge < -0.3 is 10.5 Å². The van der Waals surface area contributed by atoms with Crippen molar-refractivity contribution in [2.24, 2.45) is 5.73 Å². The summed E-state index contributed by atoms with van der Waals surface area (Å²) < 4.78 is 19.4. The Bertz CT molecular complexity index is 603. The molecule has 2 aromatic carbocycles. The van der Waals surface area contributed by atoms with Crippen LogP contribution >= 0.6 is 15.9 Å². The first-order chi connectivity index (χ1) is 10.1. The molecule has 2 rings (SSSR count). The van der Waals surface area contributed by atoms with Gasteiger partial charge in [0.2, 0.25) is 0 Å². The van der Waals surface area contributed by atoms with Crippen LogP contribution in [0.3, 0.4) is 0 Å². The number of carbonyl (C=O) groups excluding carboxylic acids is 1. The summed E-state index contributed by atoms with van der Waals surface area (Å²) in [4.78, 5) is 11.4. The standard InChI is InChI=1S/C16H15BrFNO2/c17-14-8-6-13(7-9-14)16(10-11-18,21-15(19)20)12-4-2-1-3-5-12/h1-9H,10-11H2,(H2,19,20). The van der Waals surface area contributed by atoms with Crippen LogP contribution in [-0.2, 0) is 10.3 Å². The first-order valence-corrected chi connectivity index (χ1v) is 7.24. The highest BCUT2D eigenvalue weighted by atomic mass is 79.9. The number of primary amides is 1. The van der Waals surface area contributed by atoms with Gasteiger partial charge in [-0.05, 0) is 12.1 Å². The van der Waals surface area contributed by atoms with Crippen LogP contribution < -0.4 is 5.73 Å². The second-order valence-corrected chi connectivity index (χ2v) is 5.48. The predicted molar refractivity (Wildman–Crippen MR) is 82.6 cm³/mol. The monoisotopic (exact) mass is 351 g/mol. The van der Waals surface area contributed by atoms with Gasteiger partial charge in [-0.15, -0.1) is 0 Å². The Labute approximate surface area is 131 Å². The first kappa shape index (κ1) is 15.5. The van der Waals surface area contributed by atoms with Gasteiger partial charge in [-0.25, -0.2) is 4.79 Å². The predicted octanol–water partition coefficient (Wildman–Crippen LogP) is 4.15. The molecule has 0 aliphatic carbocycles. The molecule has 0 spiro atoms. The maximum Gasteiger partial charge on any atom is 0.405 e. The average molecular weight is 352 g/mol. The van der Waals surface area contributed by atoms with E-state index in [1.807, 2.05) is 30.3 Å². The molecule has 1 unspecified atom stereocenters. The van der Waals surface area contributed by atoms with E-state index in [9.17, 15) is 9.18 Å². The molecule has 0 saturated heterocycles. The lowest BCUT2D eigenvalue weighted by atomic mass is 9.83. The first-order valence-electron chi connectivity index (χ1n) is 6.44. The van der Waals surface area contributed by atoms with Crippen LogP contribution in [-0.4, -0.2) is 12.8 Å². The fourth-order valence-electron chi connectivity index (χ4n) is 2.36. The van der Waals surface area contributed by atoms with E-state index < -0.39 is 18.4 Å². The quantitative estimate of drug-likeness (QED) is 0.879. The van der Waals surface area contributed by atoms with Crippen LogP contribution in [0.15, 0.2) is 59.1 Å². The van der Waals surface area contributed by atoms with E-state index in [2.05, 4.69) is 15.9 Å². The van der Waals surface area contributed by atoms with Crippen molar-refractivity contribution in [2.45, 2.75) is 12.0 Å². The molecule has 0 fully saturated rings. The van der Waals surface area contributed by atoms with Crippen LogP contribution in [0, 0.1) is 0 Å². The number of alkyl halides is 1. The molecule has 0 bridgehead atoms. The van der Waals surface area contributed by atoms with Crippen molar-refractivity contribution in [1.29, 1.82) is 0 Å². The summed E-state index contributed by atoms with van der Waals surface area (Å²) in [7, 11) is 0. The molecule has 3 nitrogen and oxygen atoms in total. The topological polar surface area (TPSA) is 52.3 Å². The van der Waals surface area contributed by atoms with Gasteiger partial charge in [-0.1, -0.05) is 58.4 Å². The van der Waals surface area contributed by atoms with Gasteiger partial charge in [0.1, 0.15) is 0 Å². The van der Waals surface area contributed by atoms with Gasteiger partial charge in [0.15, 0.2) is 5.60 Å². The average Bonchev–Trinajstić information content (AvgIpc) is 2.48. The van der Waals surface area contributed by atoms with Crippen molar-refractivity contribution >= 4 is 22.0 Å². The van der Waals surface area contributed by atoms with Crippen LogP contribution in [0.4, 0.5) is 9.18 Å². The molecule has 0 aliphatic heterocycles. The van der Waals surface area contributed by atoms with E-state index in [0.29, 0.717) is 11.1 Å². The fourth-order valence-corrected chi connectivity index (χ4v) is 2.62. The summed E-state index contributed by atoms with van der Waals surface area (Å²) in [6, 6.07) is 16.3. The maximum atomic E-state index is 13.1. The number of ether oxygens (including phenoxy) is 1. The Balaban J connectivity index is 2.60. The van der Waals surface area contributed by atoms with Crippen LogP contribution in [0.1, 0.15) is 17.5 Å². The van der Waals surface area contributed by atoms with Gasteiger partial charge in [0.25, 0.3) is 0 Å². The van der Waals surface area contributed by atoms with E-state index in [0.717, 1.165) is 4.47 Å². The highest BCUT2D eigenvalue weighted by Crippen LogP contribution is 2.37. The lowest BCUT2D eigenvalue weighted by molar-refractivity contribution is 0.0336. The number of amides is 1. The van der Waals surface area contributed by atoms with Gasteiger partial charge in [0, 0.05) is 22.0 Å². The second-order valence-electron chi connectivity index (χ2n) is 4.56. The summed E-state index contributed by atoms with van der Waals surface area (Å²) in [5.41, 5.74) is 5.36. The van der Waals surface area contributed by atoms with Gasteiger partial charge in [-0.3, -0.25) is 4.39 Å². The fraction of sp³-hybridized carbons (Fsp3) is 0.188. The van der Waals surface area contributed by atoms with Crippen LogP contribution in [0.2, 0.25) is 0 Å². The molecule has 110 valence electrons. The lowest BCUT2D eigenvalue weighted by Crippen LogP contribution is -2.36. The van der Waals surface area contributed by atoms with Crippen LogP contribution in [0.5, 0.6) is 0 Å². The Hall–Kier alpha value is -1.88. The summed E-state index contributed by atoms with van der Waals surface area (Å²) >= 11 is 3.35. The SMILES string of the molecule is NC(=O)OC(CCF)(c1ccccc1)c1ccc(Br)cc1. The molecule has 0 saturated carbocycles. The van der Waals surface area contributed by atoms with Crippen molar-refractivity contribution in [3.05, 3.63) is 70.2 Å². The minimum absolute atomic E-state index is 0.00157. The molecule has 1 amide bonds. The van der Waals surface area contributed by atoms with Crippen LogP contribution in [0.25, 0.3) is 0 Å². The van der Waals surface area contributed by atoms with Gasteiger partial charge in [-0.2, -0.15) is 0 Å². The molecule has 2 aromatic rings. The third-order valence-corrected chi connectivity index (χ3v) is 3.80. The molecular weight excluding hydrogens is 337 g/mol. The van der Waals surface area contributed by atoms with Gasteiger partial charge in [0.05, 0.1) is 6.67 Å². The molecule has 21 heavy (non-hydrogen) atoms. The van der Waals surface area contributed by atoms with E-state index in [4.69, 9.17) is 10.5 Å². The highest BCUT2D eigenvalue weighted by Gasteiger charge is 2.37. The Morgan fingerprint density at radius 2 is 1.67 bits per heavy atom. The Kier molecular flexibility index (Phi) is 4.96. The van der Waals surface area contributed by atoms with Crippen molar-refractivity contribution in [1.82, 2.24) is 0 Å². The number of nitrogens with two attached hydrogens (primary N) is 1. The van der Waals surface area contributed by atoms with E-state index in [-0.39, 0.29) is 6.42 Å². The normalized spacial score (nSPS) is 13.4. The molecule has 0 radical (unpaired) electrons. The van der Waals surface area contributed by atoms with Gasteiger partial charge >= 0.3 is 6.09 Å². The third kappa shape index (κ3) is 3.42. The number of carbonyl (C=O) groups is 1. The van der Waals surface area contributed by atoms with E-state index in [1.165, 1.54) is 0 Å². The largest absolute Gasteiger partial charge is 0.433 e. The second kappa shape index (κ2) is 6.72. The number of halogens is 2. The zero-order valence-corrected chi connectivity index (χ0v) is 12.8. The van der Waals surface area contributed by atoms with Crippen molar-refractivity contribution in [2.75, 3.05) is 6.67 Å². The number of hydrogen-bond acceptors (Lipinski definition) is 2. The Morgan fingerprint density at radius 1 is 1.10 bits per heavy atom. The molecule has 0 aliphatic rings. The molecule has 5 heteroatoms. The number of rotatable bonds is 5. The highest BCUT2D eigenvalue weighted by molar-refractivity contribution is 9.10. The molecule has 1 atom stereocenters. The minimum atomic E-state index is -1.22. The smallest absolute Gasteiger partial charge is 0.405 e. The zero-order valence-electron chi connectivity index (χ0n) is 11.3. The minimum Gasteiger partial charge on any atom is -0.433 e.